The van der Waals surface area contributed by atoms with Crippen molar-refractivity contribution in [3.8, 4) is 0 Å². The van der Waals surface area contributed by atoms with E-state index in [4.69, 9.17) is 0 Å². The third-order valence-electron chi connectivity index (χ3n) is 3.88. The predicted molar refractivity (Wildman–Crippen MR) is 96.5 cm³/mol. The second-order valence-electron chi connectivity index (χ2n) is 5.94. The molecule has 2 aromatic carbocycles. The van der Waals surface area contributed by atoms with Crippen LogP contribution in [0, 0.1) is 5.82 Å². The number of benzene rings is 2. The van der Waals surface area contributed by atoms with Gasteiger partial charge in [-0.1, -0.05) is 12.1 Å². The maximum Gasteiger partial charge on any atom is 0.416 e. The molecule has 0 saturated carbocycles. The fourth-order valence-corrected chi connectivity index (χ4v) is 2.38. The maximum absolute atomic E-state index is 12.9. The molecule has 0 saturated heterocycles. The van der Waals surface area contributed by atoms with E-state index in [0.717, 1.165) is 17.7 Å². The van der Waals surface area contributed by atoms with Crippen molar-refractivity contribution in [3.63, 3.8) is 0 Å². The first-order chi connectivity index (χ1) is 13.3. The summed E-state index contributed by atoms with van der Waals surface area (Å²) in [5.41, 5.74) is 0.775. The quantitative estimate of drug-likeness (QED) is 0.610. The van der Waals surface area contributed by atoms with Crippen LogP contribution in [-0.2, 0) is 12.7 Å². The molecule has 28 heavy (non-hydrogen) atoms. The molecule has 0 aliphatic carbocycles. The van der Waals surface area contributed by atoms with Crippen molar-refractivity contribution in [3.05, 3.63) is 89.4 Å². The van der Waals surface area contributed by atoms with Gasteiger partial charge in [-0.25, -0.2) is 9.37 Å². The van der Waals surface area contributed by atoms with Crippen LogP contribution < -0.4 is 10.6 Å². The monoisotopic (exact) mass is 389 g/mol. The molecule has 3 aromatic rings. The number of aromatic nitrogens is 1. The number of anilines is 2. The zero-order valence-electron chi connectivity index (χ0n) is 14.4. The fourth-order valence-electron chi connectivity index (χ4n) is 2.38. The molecule has 0 atom stereocenters. The zero-order chi connectivity index (χ0) is 20.1. The van der Waals surface area contributed by atoms with E-state index in [-0.39, 0.29) is 18.3 Å². The second-order valence-corrected chi connectivity index (χ2v) is 5.94. The highest BCUT2D eigenvalue weighted by atomic mass is 19.4. The van der Waals surface area contributed by atoms with E-state index in [0.29, 0.717) is 17.1 Å². The Morgan fingerprint density at radius 2 is 1.61 bits per heavy atom. The standard InChI is InChI=1S/C20H15F4N3O/c21-16-6-1-13(2-7-16)11-26-19(28)14-3-10-18(25-12-14)27-17-8-4-15(5-9-17)20(22,23)24/h1-10,12H,11H2,(H,25,27)(H,26,28). The molecule has 8 heteroatoms. The van der Waals surface area contributed by atoms with Crippen LogP contribution in [0.25, 0.3) is 0 Å². The molecule has 0 aliphatic rings. The molecule has 4 nitrogen and oxygen atoms in total. The highest BCUT2D eigenvalue weighted by Crippen LogP contribution is 2.30. The second kappa shape index (κ2) is 8.08. The van der Waals surface area contributed by atoms with Gasteiger partial charge in [0, 0.05) is 18.4 Å². The summed E-state index contributed by atoms with van der Waals surface area (Å²) in [7, 11) is 0. The zero-order valence-corrected chi connectivity index (χ0v) is 14.4. The minimum absolute atomic E-state index is 0.241. The Bertz CT molecular complexity index is 937. The van der Waals surface area contributed by atoms with E-state index in [1.165, 1.54) is 30.5 Å². The van der Waals surface area contributed by atoms with Crippen LogP contribution in [0.2, 0.25) is 0 Å². The van der Waals surface area contributed by atoms with E-state index in [1.807, 2.05) is 0 Å². The molecule has 0 unspecified atom stereocenters. The Hall–Kier alpha value is -3.42. The largest absolute Gasteiger partial charge is 0.416 e. The lowest BCUT2D eigenvalue weighted by Crippen LogP contribution is -2.22. The Morgan fingerprint density at radius 3 is 2.18 bits per heavy atom. The van der Waals surface area contributed by atoms with Crippen LogP contribution in [-0.4, -0.2) is 10.9 Å². The average Bonchev–Trinajstić information content (AvgIpc) is 2.67. The van der Waals surface area contributed by atoms with Gasteiger partial charge in [0.25, 0.3) is 5.91 Å². The van der Waals surface area contributed by atoms with Crippen LogP contribution in [0.1, 0.15) is 21.5 Å². The molecule has 1 amide bonds. The number of nitrogens with one attached hydrogen (secondary N) is 2. The summed E-state index contributed by atoms with van der Waals surface area (Å²) >= 11 is 0. The van der Waals surface area contributed by atoms with Crippen molar-refractivity contribution in [2.75, 3.05) is 5.32 Å². The van der Waals surface area contributed by atoms with Gasteiger partial charge in [-0.3, -0.25) is 4.79 Å². The summed E-state index contributed by atoms with van der Waals surface area (Å²) in [6.45, 7) is 0.241. The first-order valence-electron chi connectivity index (χ1n) is 8.24. The average molecular weight is 389 g/mol. The number of rotatable bonds is 5. The van der Waals surface area contributed by atoms with Gasteiger partial charge >= 0.3 is 6.18 Å². The van der Waals surface area contributed by atoms with Gasteiger partial charge in [0.05, 0.1) is 11.1 Å². The molecule has 1 heterocycles. The predicted octanol–water partition coefficient (Wildman–Crippen LogP) is 4.91. The van der Waals surface area contributed by atoms with Crippen LogP contribution in [0.5, 0.6) is 0 Å². The Morgan fingerprint density at radius 1 is 0.929 bits per heavy atom. The Labute approximate surface area is 158 Å². The molecule has 0 fully saturated rings. The Balaban J connectivity index is 1.58. The lowest BCUT2D eigenvalue weighted by molar-refractivity contribution is -0.137. The summed E-state index contributed by atoms with van der Waals surface area (Å²) in [5, 5.41) is 5.56. The highest BCUT2D eigenvalue weighted by Gasteiger charge is 2.29. The number of amides is 1. The molecule has 0 bridgehead atoms. The molecule has 0 spiro atoms. The van der Waals surface area contributed by atoms with Crippen LogP contribution in [0.4, 0.5) is 29.1 Å². The summed E-state index contributed by atoms with van der Waals surface area (Å²) in [4.78, 5) is 16.2. The Kier molecular flexibility index (Phi) is 5.58. The number of carbonyl (C=O) groups excluding carboxylic acids is 1. The van der Waals surface area contributed by atoms with Crippen molar-refractivity contribution in [1.29, 1.82) is 0 Å². The third kappa shape index (κ3) is 5.06. The molecule has 0 aliphatic heterocycles. The third-order valence-corrected chi connectivity index (χ3v) is 3.88. The van der Waals surface area contributed by atoms with Crippen LogP contribution in [0.3, 0.4) is 0 Å². The van der Waals surface area contributed by atoms with Gasteiger partial charge in [0.1, 0.15) is 11.6 Å². The van der Waals surface area contributed by atoms with Gasteiger partial charge in [-0.05, 0) is 54.1 Å². The molecule has 3 rings (SSSR count). The SMILES string of the molecule is O=C(NCc1ccc(F)cc1)c1ccc(Nc2ccc(C(F)(F)F)cc2)nc1. The van der Waals surface area contributed by atoms with Crippen molar-refractivity contribution in [2.24, 2.45) is 0 Å². The van der Waals surface area contributed by atoms with E-state index >= 15 is 0 Å². The van der Waals surface area contributed by atoms with Crippen LogP contribution in [0.15, 0.2) is 66.9 Å². The van der Waals surface area contributed by atoms with E-state index in [2.05, 4.69) is 15.6 Å². The van der Waals surface area contributed by atoms with Crippen molar-refractivity contribution >= 4 is 17.4 Å². The van der Waals surface area contributed by atoms with Gasteiger partial charge in [-0.2, -0.15) is 13.2 Å². The maximum atomic E-state index is 12.9. The molecule has 144 valence electrons. The summed E-state index contributed by atoms with van der Waals surface area (Å²) < 4.78 is 50.6. The van der Waals surface area contributed by atoms with Gasteiger partial charge in [0.2, 0.25) is 0 Å². The normalized spacial score (nSPS) is 11.1. The molecular formula is C20H15F4N3O. The number of hydrogen-bond acceptors (Lipinski definition) is 3. The molecule has 2 N–H and O–H groups in total. The lowest BCUT2D eigenvalue weighted by atomic mass is 10.2. The first kappa shape index (κ1) is 19.3. The number of carbonyl (C=O) groups is 1. The first-order valence-corrected chi connectivity index (χ1v) is 8.24. The number of pyridine rings is 1. The van der Waals surface area contributed by atoms with Crippen molar-refractivity contribution in [1.82, 2.24) is 10.3 Å². The van der Waals surface area contributed by atoms with Gasteiger partial charge in [0.15, 0.2) is 0 Å². The summed E-state index contributed by atoms with van der Waals surface area (Å²) in [6, 6.07) is 13.4. The number of hydrogen-bond donors (Lipinski definition) is 2. The minimum Gasteiger partial charge on any atom is -0.348 e. The fraction of sp³-hybridized carbons (Fsp3) is 0.100. The summed E-state index contributed by atoms with van der Waals surface area (Å²) in [5.74, 6) is -0.317. The van der Waals surface area contributed by atoms with Gasteiger partial charge in [-0.15, -0.1) is 0 Å². The van der Waals surface area contributed by atoms with Gasteiger partial charge < -0.3 is 10.6 Å². The van der Waals surface area contributed by atoms with E-state index < -0.39 is 11.7 Å². The van der Waals surface area contributed by atoms with Crippen molar-refractivity contribution in [2.45, 2.75) is 12.7 Å². The molecule has 0 radical (unpaired) electrons. The van der Waals surface area contributed by atoms with Crippen molar-refractivity contribution < 1.29 is 22.4 Å². The highest BCUT2D eigenvalue weighted by molar-refractivity contribution is 5.94. The number of nitrogens with zero attached hydrogens (tertiary/aromatic N) is 1. The smallest absolute Gasteiger partial charge is 0.348 e. The van der Waals surface area contributed by atoms with E-state index in [1.54, 1.807) is 24.3 Å². The summed E-state index contributed by atoms with van der Waals surface area (Å²) in [6.07, 6.45) is -3.04. The van der Waals surface area contributed by atoms with Crippen LogP contribution >= 0.6 is 0 Å². The topological polar surface area (TPSA) is 54.0 Å². The molecular weight excluding hydrogens is 374 g/mol. The minimum atomic E-state index is -4.39. The number of halogens is 4. The number of alkyl halides is 3. The lowest BCUT2D eigenvalue weighted by Gasteiger charge is -2.10. The van der Waals surface area contributed by atoms with E-state index in [9.17, 15) is 22.4 Å². The molecule has 1 aromatic heterocycles.